The van der Waals surface area contributed by atoms with Crippen molar-refractivity contribution in [3.05, 3.63) is 65.2 Å². The molecule has 0 unspecified atom stereocenters. The van der Waals surface area contributed by atoms with E-state index in [-0.39, 0.29) is 6.61 Å². The molecule has 0 aliphatic heterocycles. The Morgan fingerprint density at radius 3 is 2.84 bits per heavy atom. The van der Waals surface area contributed by atoms with Crippen LogP contribution in [0, 0.1) is 0 Å². The first-order valence-electron chi connectivity index (χ1n) is 7.33. The van der Waals surface area contributed by atoms with Crippen LogP contribution in [0.1, 0.15) is 5.89 Å². The Balaban J connectivity index is 1.48. The van der Waals surface area contributed by atoms with Crippen LogP contribution < -0.4 is 4.74 Å². The van der Waals surface area contributed by atoms with Crippen molar-refractivity contribution in [1.82, 2.24) is 30.4 Å². The molecule has 2 heterocycles. The molecular weight excluding hydrogens is 388 g/mol. The summed E-state index contributed by atoms with van der Waals surface area (Å²) < 4.78 is 13.8. The van der Waals surface area contributed by atoms with E-state index < -0.39 is 0 Å². The molecule has 0 fully saturated rings. The molecule has 25 heavy (non-hydrogen) atoms. The molecule has 0 aliphatic rings. The van der Waals surface area contributed by atoms with E-state index in [0.29, 0.717) is 17.5 Å². The summed E-state index contributed by atoms with van der Waals surface area (Å²) in [4.78, 5) is 0. The first-order chi connectivity index (χ1) is 12.3. The van der Waals surface area contributed by atoms with Gasteiger partial charge in [-0.05, 0) is 50.6 Å². The van der Waals surface area contributed by atoms with E-state index in [1.165, 1.54) is 6.33 Å². The lowest BCUT2D eigenvalue weighted by atomic mass is 10.2. The smallest absolute Gasteiger partial charge is 0.254 e. The fourth-order valence-electron chi connectivity index (χ4n) is 2.20. The number of nitrogens with zero attached hydrogens (tertiary/aromatic N) is 6. The molecule has 0 saturated heterocycles. The van der Waals surface area contributed by atoms with Crippen LogP contribution >= 0.6 is 15.9 Å². The fraction of sp³-hybridized carbons (Fsp3) is 0.0625. The van der Waals surface area contributed by atoms with Crippen molar-refractivity contribution in [3.8, 4) is 22.9 Å². The molecular formula is C16H11BrN6O2. The van der Waals surface area contributed by atoms with Gasteiger partial charge in [0, 0.05) is 10.5 Å². The van der Waals surface area contributed by atoms with Gasteiger partial charge >= 0.3 is 0 Å². The van der Waals surface area contributed by atoms with E-state index in [1.54, 1.807) is 4.68 Å². The predicted molar refractivity (Wildman–Crippen MR) is 90.9 cm³/mol. The molecule has 0 radical (unpaired) electrons. The van der Waals surface area contributed by atoms with Gasteiger partial charge in [-0.3, -0.25) is 0 Å². The van der Waals surface area contributed by atoms with Crippen LogP contribution in [0.2, 0.25) is 0 Å². The van der Waals surface area contributed by atoms with Crippen LogP contribution in [0.3, 0.4) is 0 Å². The summed E-state index contributed by atoms with van der Waals surface area (Å²) in [6, 6.07) is 15.0. The third-order valence-electron chi connectivity index (χ3n) is 3.36. The molecule has 0 saturated carbocycles. The van der Waals surface area contributed by atoms with E-state index in [9.17, 15) is 0 Å². The lowest BCUT2D eigenvalue weighted by Gasteiger charge is -2.05. The van der Waals surface area contributed by atoms with Gasteiger partial charge in [0.05, 0.1) is 11.3 Å². The average molecular weight is 399 g/mol. The third-order valence-corrected chi connectivity index (χ3v) is 4.06. The molecule has 0 amide bonds. The van der Waals surface area contributed by atoms with Gasteiger partial charge in [0.15, 0.2) is 6.61 Å². The highest BCUT2D eigenvalue weighted by molar-refractivity contribution is 9.10. The first-order valence-corrected chi connectivity index (χ1v) is 8.12. The molecule has 0 aliphatic carbocycles. The normalized spacial score (nSPS) is 10.8. The minimum Gasteiger partial charge on any atom is -0.484 e. The van der Waals surface area contributed by atoms with Gasteiger partial charge in [-0.25, -0.2) is 4.68 Å². The summed E-state index contributed by atoms with van der Waals surface area (Å²) in [5.74, 6) is 1.47. The third kappa shape index (κ3) is 3.41. The molecule has 4 rings (SSSR count). The monoisotopic (exact) mass is 398 g/mol. The molecule has 0 bridgehead atoms. The van der Waals surface area contributed by atoms with Gasteiger partial charge in [0.1, 0.15) is 12.1 Å². The van der Waals surface area contributed by atoms with Gasteiger partial charge in [0.2, 0.25) is 5.89 Å². The van der Waals surface area contributed by atoms with Gasteiger partial charge < -0.3 is 9.15 Å². The number of ether oxygens (including phenoxy) is 1. The van der Waals surface area contributed by atoms with Crippen molar-refractivity contribution in [1.29, 1.82) is 0 Å². The maximum atomic E-state index is 5.72. The van der Waals surface area contributed by atoms with Crippen molar-refractivity contribution in [2.75, 3.05) is 0 Å². The lowest BCUT2D eigenvalue weighted by Crippen LogP contribution is -1.98. The first kappa shape index (κ1) is 15.5. The molecule has 4 aromatic rings. The summed E-state index contributed by atoms with van der Waals surface area (Å²) in [6.07, 6.45) is 1.51. The van der Waals surface area contributed by atoms with Gasteiger partial charge in [-0.15, -0.1) is 15.3 Å². The van der Waals surface area contributed by atoms with Crippen LogP contribution in [-0.2, 0) is 6.61 Å². The fourth-order valence-corrected chi connectivity index (χ4v) is 2.65. The van der Waals surface area contributed by atoms with E-state index >= 15 is 0 Å². The van der Waals surface area contributed by atoms with Crippen LogP contribution in [0.4, 0.5) is 0 Å². The topological polar surface area (TPSA) is 91.8 Å². The Labute approximate surface area is 150 Å². The summed E-state index contributed by atoms with van der Waals surface area (Å²) in [6.45, 7) is 0.163. The quantitative estimate of drug-likeness (QED) is 0.509. The maximum absolute atomic E-state index is 5.72. The number of rotatable bonds is 5. The zero-order valence-electron chi connectivity index (χ0n) is 12.8. The number of aromatic nitrogens is 6. The second kappa shape index (κ2) is 6.81. The lowest BCUT2D eigenvalue weighted by molar-refractivity contribution is 0.264. The van der Waals surface area contributed by atoms with E-state index in [1.807, 2.05) is 48.5 Å². The Kier molecular flexibility index (Phi) is 4.21. The zero-order chi connectivity index (χ0) is 17.1. The number of hydrogen-bond acceptors (Lipinski definition) is 7. The largest absolute Gasteiger partial charge is 0.484 e. The van der Waals surface area contributed by atoms with Gasteiger partial charge in [0.25, 0.3) is 5.89 Å². The van der Waals surface area contributed by atoms with Crippen molar-refractivity contribution >= 4 is 15.9 Å². The second-order valence-electron chi connectivity index (χ2n) is 5.02. The molecule has 0 spiro atoms. The molecule has 8 nitrogen and oxygen atoms in total. The highest BCUT2D eigenvalue weighted by atomic mass is 79.9. The Morgan fingerprint density at radius 2 is 2.00 bits per heavy atom. The second-order valence-corrected chi connectivity index (χ2v) is 5.88. The Hall–Kier alpha value is -3.07. The van der Waals surface area contributed by atoms with Crippen molar-refractivity contribution in [2.45, 2.75) is 6.61 Å². The number of tetrazole rings is 1. The molecule has 9 heteroatoms. The highest BCUT2D eigenvalue weighted by Crippen LogP contribution is 2.27. The number of halogens is 1. The molecule has 2 aromatic heterocycles. The van der Waals surface area contributed by atoms with Crippen LogP contribution in [0.25, 0.3) is 17.1 Å². The summed E-state index contributed by atoms with van der Waals surface area (Å²) in [7, 11) is 0. The summed E-state index contributed by atoms with van der Waals surface area (Å²) in [5.41, 5.74) is 1.63. The van der Waals surface area contributed by atoms with Crippen LogP contribution in [0.15, 0.2) is 63.7 Å². The number of hydrogen-bond donors (Lipinski definition) is 0. The van der Waals surface area contributed by atoms with E-state index in [0.717, 1.165) is 15.7 Å². The molecule has 0 N–H and O–H groups in total. The highest BCUT2D eigenvalue weighted by Gasteiger charge is 2.11. The predicted octanol–water partition coefficient (Wildman–Crippen LogP) is 3.05. The minimum atomic E-state index is 0.163. The van der Waals surface area contributed by atoms with Gasteiger partial charge in [-0.1, -0.05) is 18.2 Å². The Morgan fingerprint density at radius 1 is 1.08 bits per heavy atom. The van der Waals surface area contributed by atoms with Crippen molar-refractivity contribution < 1.29 is 9.15 Å². The SMILES string of the molecule is Brc1ccccc1-c1nnc(COc2cccc(-n3cnnn3)c2)o1. The van der Waals surface area contributed by atoms with Crippen LogP contribution in [-0.4, -0.2) is 30.4 Å². The maximum Gasteiger partial charge on any atom is 0.254 e. The van der Waals surface area contributed by atoms with Crippen molar-refractivity contribution in [3.63, 3.8) is 0 Å². The summed E-state index contributed by atoms with van der Waals surface area (Å²) >= 11 is 3.47. The van der Waals surface area contributed by atoms with E-state index in [2.05, 4.69) is 41.7 Å². The molecule has 124 valence electrons. The number of benzene rings is 2. The van der Waals surface area contributed by atoms with Crippen LogP contribution in [0.5, 0.6) is 5.75 Å². The summed E-state index contributed by atoms with van der Waals surface area (Å²) in [5, 5.41) is 19.2. The molecule has 0 atom stereocenters. The van der Waals surface area contributed by atoms with E-state index in [4.69, 9.17) is 9.15 Å². The zero-order valence-corrected chi connectivity index (χ0v) is 14.4. The minimum absolute atomic E-state index is 0.163. The molecule has 2 aromatic carbocycles. The van der Waals surface area contributed by atoms with Gasteiger partial charge in [-0.2, -0.15) is 0 Å². The Bertz CT molecular complexity index is 986. The standard InChI is InChI=1S/C16H11BrN6O2/c17-14-7-2-1-6-13(14)16-20-19-15(25-16)9-24-12-5-3-4-11(8-12)23-10-18-21-22-23/h1-8,10H,9H2. The average Bonchev–Trinajstić information content (AvgIpc) is 3.33. The van der Waals surface area contributed by atoms with Crippen molar-refractivity contribution in [2.24, 2.45) is 0 Å².